The van der Waals surface area contributed by atoms with Crippen LogP contribution < -0.4 is 9.47 Å². The lowest BCUT2D eigenvalue weighted by atomic mass is 10.1. The average molecular weight is 556 g/mol. The Morgan fingerprint density at radius 1 is 1.34 bits per heavy atom. The molecular weight excluding hydrogens is 530 g/mol. The molecule has 32 heavy (non-hydrogen) atoms. The molecule has 1 aromatic carbocycles. The molecular formula is C22H26FIN4O4. The van der Waals surface area contributed by atoms with Crippen LogP contribution >= 0.6 is 22.6 Å². The number of H-pyrrole nitrogens is 1. The predicted octanol–water partition coefficient (Wildman–Crippen LogP) is 5.09. The molecule has 8 nitrogen and oxygen atoms in total. The van der Waals surface area contributed by atoms with E-state index in [1.165, 1.54) is 23.2 Å². The zero-order valence-electron chi connectivity index (χ0n) is 18.6. The second-order valence-electron chi connectivity index (χ2n) is 8.23. The first-order valence-electron chi connectivity index (χ1n) is 10.1. The Morgan fingerprint density at radius 2 is 2.09 bits per heavy atom. The number of hydrogen-bond acceptors (Lipinski definition) is 6. The van der Waals surface area contributed by atoms with Crippen LogP contribution in [0, 0.1) is 9.39 Å². The minimum absolute atomic E-state index is 0.203. The van der Waals surface area contributed by atoms with E-state index in [1.54, 1.807) is 40.8 Å². The van der Waals surface area contributed by atoms with Crippen LogP contribution in [0.3, 0.4) is 0 Å². The van der Waals surface area contributed by atoms with Gasteiger partial charge in [-0.3, -0.25) is 0 Å². The zero-order chi connectivity index (χ0) is 23.5. The Hall–Kier alpha value is -2.63. The molecule has 0 bridgehead atoms. The van der Waals surface area contributed by atoms with Crippen molar-refractivity contribution in [1.82, 2.24) is 19.9 Å². The van der Waals surface area contributed by atoms with Gasteiger partial charge in [-0.25, -0.2) is 19.2 Å². The first kappa shape index (κ1) is 24.0. The van der Waals surface area contributed by atoms with E-state index in [2.05, 4.69) is 37.5 Å². The lowest BCUT2D eigenvalue weighted by Gasteiger charge is -2.25. The highest BCUT2D eigenvalue weighted by Crippen LogP contribution is 2.30. The Morgan fingerprint density at radius 3 is 2.81 bits per heavy atom. The van der Waals surface area contributed by atoms with Crippen molar-refractivity contribution < 1.29 is 23.4 Å². The van der Waals surface area contributed by atoms with Gasteiger partial charge < -0.3 is 24.1 Å². The zero-order valence-corrected chi connectivity index (χ0v) is 20.8. The first-order chi connectivity index (χ1) is 15.0. The molecule has 1 amide bonds. The largest absolute Gasteiger partial charge is 0.491 e. The van der Waals surface area contributed by atoms with Crippen molar-refractivity contribution in [1.29, 1.82) is 0 Å². The number of amides is 1. The molecule has 0 saturated heterocycles. The van der Waals surface area contributed by atoms with E-state index in [4.69, 9.17) is 14.2 Å². The highest BCUT2D eigenvalue weighted by molar-refractivity contribution is 14.1. The summed E-state index contributed by atoms with van der Waals surface area (Å²) < 4.78 is 32.0. The molecule has 3 rings (SSSR count). The third kappa shape index (κ3) is 6.21. The van der Waals surface area contributed by atoms with Crippen molar-refractivity contribution in [2.24, 2.45) is 0 Å². The maximum atomic E-state index is 14.0. The van der Waals surface area contributed by atoms with Gasteiger partial charge in [-0.2, -0.15) is 0 Å². The highest BCUT2D eigenvalue weighted by Gasteiger charge is 2.20. The Kier molecular flexibility index (Phi) is 7.42. The SMILES string of the molecule is CC(Oc1cnc2[nH]cc(I)c2n1)c1cc(F)ccc1OCCN(C)C(=O)OC(C)(C)C. The number of halogens is 2. The summed E-state index contributed by atoms with van der Waals surface area (Å²) in [6.45, 7) is 7.70. The van der Waals surface area contributed by atoms with E-state index in [1.807, 2.05) is 6.20 Å². The van der Waals surface area contributed by atoms with Crippen molar-refractivity contribution in [3.8, 4) is 11.6 Å². The summed E-state index contributed by atoms with van der Waals surface area (Å²) in [7, 11) is 1.63. The number of nitrogens with zero attached hydrogens (tertiary/aromatic N) is 3. The molecule has 0 aliphatic heterocycles. The summed E-state index contributed by atoms with van der Waals surface area (Å²) in [4.78, 5) is 25.3. The average Bonchev–Trinajstić information content (AvgIpc) is 3.08. The second kappa shape index (κ2) is 9.88. The fourth-order valence-corrected chi connectivity index (χ4v) is 3.37. The van der Waals surface area contributed by atoms with Gasteiger partial charge in [-0.05, 0) is 68.5 Å². The number of aromatic amines is 1. The molecule has 172 valence electrons. The molecule has 0 radical (unpaired) electrons. The van der Waals surface area contributed by atoms with Gasteiger partial charge in [0.05, 0.1) is 16.3 Å². The molecule has 0 fully saturated rings. The van der Waals surface area contributed by atoms with Crippen LogP contribution in [0.1, 0.15) is 39.4 Å². The summed E-state index contributed by atoms with van der Waals surface area (Å²) in [5, 5.41) is 0. The van der Waals surface area contributed by atoms with Gasteiger partial charge in [0.1, 0.15) is 35.4 Å². The van der Waals surface area contributed by atoms with E-state index < -0.39 is 23.6 Å². The quantitative estimate of drug-likeness (QED) is 0.408. The van der Waals surface area contributed by atoms with Crippen LogP contribution in [0.4, 0.5) is 9.18 Å². The minimum atomic E-state index is -0.576. The monoisotopic (exact) mass is 556 g/mol. The molecule has 2 heterocycles. The van der Waals surface area contributed by atoms with Gasteiger partial charge in [0, 0.05) is 18.8 Å². The number of hydrogen-bond donors (Lipinski definition) is 1. The highest BCUT2D eigenvalue weighted by atomic mass is 127. The second-order valence-corrected chi connectivity index (χ2v) is 9.40. The van der Waals surface area contributed by atoms with Gasteiger partial charge in [-0.15, -0.1) is 0 Å². The van der Waals surface area contributed by atoms with Crippen LogP contribution in [0.15, 0.2) is 30.6 Å². The number of carbonyl (C=O) groups is 1. The summed E-state index contributed by atoms with van der Waals surface area (Å²) >= 11 is 2.16. The summed E-state index contributed by atoms with van der Waals surface area (Å²) in [6, 6.07) is 4.22. The third-order valence-electron chi connectivity index (χ3n) is 4.41. The topological polar surface area (TPSA) is 89.6 Å². The van der Waals surface area contributed by atoms with Gasteiger partial charge in [0.15, 0.2) is 5.65 Å². The molecule has 3 aromatic rings. The van der Waals surface area contributed by atoms with E-state index in [9.17, 15) is 9.18 Å². The number of ether oxygens (including phenoxy) is 3. The van der Waals surface area contributed by atoms with Gasteiger partial charge in [0.2, 0.25) is 5.88 Å². The van der Waals surface area contributed by atoms with Crippen LogP contribution in [0.2, 0.25) is 0 Å². The van der Waals surface area contributed by atoms with Crippen LogP contribution in [-0.4, -0.2) is 51.7 Å². The fraction of sp³-hybridized carbons (Fsp3) is 0.409. The number of rotatable bonds is 7. The van der Waals surface area contributed by atoms with Crippen molar-refractivity contribution in [3.63, 3.8) is 0 Å². The third-order valence-corrected chi connectivity index (χ3v) is 5.23. The Labute approximate surface area is 199 Å². The van der Waals surface area contributed by atoms with E-state index in [0.717, 1.165) is 3.57 Å². The molecule has 0 saturated carbocycles. The van der Waals surface area contributed by atoms with Gasteiger partial charge in [0.25, 0.3) is 0 Å². The standard InChI is InChI=1S/C22H26FIN4O4/c1-13(31-18-12-26-20-19(27-18)16(24)11-25-20)15-10-14(23)6-7-17(15)30-9-8-28(5)21(29)32-22(2,3)4/h6-7,10-13H,8-9H2,1-5H3,(H,25,26). The number of likely N-dealkylation sites (N-methyl/N-ethyl adjacent to an activating group) is 1. The maximum Gasteiger partial charge on any atom is 0.410 e. The molecule has 1 unspecified atom stereocenters. The maximum absolute atomic E-state index is 14.0. The fourth-order valence-electron chi connectivity index (χ4n) is 2.84. The normalized spacial score (nSPS) is 12.5. The lowest BCUT2D eigenvalue weighted by molar-refractivity contribution is 0.0277. The molecule has 10 heteroatoms. The van der Waals surface area contributed by atoms with Gasteiger partial charge in [-0.1, -0.05) is 0 Å². The van der Waals surface area contributed by atoms with E-state index in [-0.39, 0.29) is 6.61 Å². The Balaban J connectivity index is 1.67. The van der Waals surface area contributed by atoms with E-state index in [0.29, 0.717) is 34.9 Å². The predicted molar refractivity (Wildman–Crippen MR) is 126 cm³/mol. The molecule has 2 aromatic heterocycles. The summed E-state index contributed by atoms with van der Waals surface area (Å²) in [5.41, 5.74) is 1.32. The van der Waals surface area contributed by atoms with Gasteiger partial charge >= 0.3 is 6.09 Å². The molecule has 1 N–H and O–H groups in total. The van der Waals surface area contributed by atoms with Crippen molar-refractivity contribution >= 4 is 39.8 Å². The summed E-state index contributed by atoms with van der Waals surface area (Å²) in [5.74, 6) is 0.375. The molecule has 0 aliphatic rings. The summed E-state index contributed by atoms with van der Waals surface area (Å²) in [6.07, 6.45) is 2.34. The Bertz CT molecular complexity index is 1100. The number of nitrogens with one attached hydrogen (secondary N) is 1. The molecule has 0 spiro atoms. The number of fused-ring (bicyclic) bond motifs is 1. The van der Waals surface area contributed by atoms with Crippen molar-refractivity contribution in [2.75, 3.05) is 20.2 Å². The smallest absolute Gasteiger partial charge is 0.410 e. The minimum Gasteiger partial charge on any atom is -0.491 e. The molecule has 1 atom stereocenters. The first-order valence-corrected chi connectivity index (χ1v) is 11.1. The van der Waals surface area contributed by atoms with Crippen LogP contribution in [0.5, 0.6) is 11.6 Å². The van der Waals surface area contributed by atoms with Crippen molar-refractivity contribution in [2.45, 2.75) is 39.4 Å². The lowest BCUT2D eigenvalue weighted by Crippen LogP contribution is -2.36. The number of benzene rings is 1. The number of carbonyl (C=O) groups excluding carboxylic acids is 1. The number of aromatic nitrogens is 3. The van der Waals surface area contributed by atoms with Crippen molar-refractivity contribution in [3.05, 3.63) is 45.5 Å². The molecule has 0 aliphatic carbocycles. The van der Waals surface area contributed by atoms with Crippen LogP contribution in [-0.2, 0) is 4.74 Å². The van der Waals surface area contributed by atoms with Crippen LogP contribution in [0.25, 0.3) is 11.2 Å². The van der Waals surface area contributed by atoms with E-state index >= 15 is 0 Å².